The van der Waals surface area contributed by atoms with E-state index in [0.29, 0.717) is 28.3 Å². The Morgan fingerprint density at radius 2 is 1.95 bits per heavy atom. The number of carbonyl (C=O) groups excluding carboxylic acids is 1. The van der Waals surface area contributed by atoms with Gasteiger partial charge in [0.2, 0.25) is 0 Å². The van der Waals surface area contributed by atoms with Gasteiger partial charge in [0.05, 0.1) is 18.4 Å². The highest BCUT2D eigenvalue weighted by atomic mass is 16.5. The number of hydrogen-bond acceptors (Lipinski definition) is 4. The Kier molecular flexibility index (Phi) is 3.87. The molecule has 0 saturated carbocycles. The summed E-state index contributed by atoms with van der Waals surface area (Å²) in [6, 6.07) is 13.4. The quantitative estimate of drug-likeness (QED) is 0.836. The highest BCUT2D eigenvalue weighted by Gasteiger charge is 2.09. The molecule has 100 valence electrons. The highest BCUT2D eigenvalue weighted by molar-refractivity contribution is 6.05. The van der Waals surface area contributed by atoms with Crippen molar-refractivity contribution in [2.24, 2.45) is 0 Å². The predicted molar refractivity (Wildman–Crippen MR) is 76.5 cm³/mol. The zero-order valence-corrected chi connectivity index (χ0v) is 10.9. The predicted octanol–water partition coefficient (Wildman–Crippen LogP) is 2.40. The fourth-order valence-electron chi connectivity index (χ4n) is 1.70. The number of nitrogens with two attached hydrogens (primary N) is 1. The van der Waals surface area contributed by atoms with Crippen LogP contribution in [0.3, 0.4) is 0 Å². The molecule has 1 amide bonds. The van der Waals surface area contributed by atoms with E-state index in [2.05, 4.69) is 5.32 Å². The van der Waals surface area contributed by atoms with Crippen molar-refractivity contribution in [3.63, 3.8) is 0 Å². The lowest BCUT2D eigenvalue weighted by Gasteiger charge is -2.08. The monoisotopic (exact) mass is 267 g/mol. The summed E-state index contributed by atoms with van der Waals surface area (Å²) >= 11 is 0. The van der Waals surface area contributed by atoms with Gasteiger partial charge in [0.1, 0.15) is 11.8 Å². The van der Waals surface area contributed by atoms with Gasteiger partial charge in [-0.15, -0.1) is 0 Å². The molecule has 0 aromatic heterocycles. The second kappa shape index (κ2) is 5.76. The minimum atomic E-state index is -0.297. The molecule has 0 spiro atoms. The first-order chi connectivity index (χ1) is 9.63. The fourth-order valence-corrected chi connectivity index (χ4v) is 1.70. The van der Waals surface area contributed by atoms with Crippen molar-refractivity contribution in [1.82, 2.24) is 0 Å². The number of anilines is 2. The smallest absolute Gasteiger partial charge is 0.255 e. The van der Waals surface area contributed by atoms with Crippen LogP contribution in [0.1, 0.15) is 15.9 Å². The van der Waals surface area contributed by atoms with Crippen molar-refractivity contribution in [3.05, 3.63) is 53.6 Å². The van der Waals surface area contributed by atoms with Crippen LogP contribution < -0.4 is 15.8 Å². The number of methoxy groups -OCH3 is 1. The topological polar surface area (TPSA) is 88.1 Å². The number of nitrogens with one attached hydrogen (secondary N) is 1. The molecule has 0 atom stereocenters. The third-order valence-corrected chi connectivity index (χ3v) is 2.76. The van der Waals surface area contributed by atoms with Gasteiger partial charge in [0, 0.05) is 11.3 Å². The molecule has 0 aliphatic rings. The minimum absolute atomic E-state index is 0.297. The van der Waals surface area contributed by atoms with Crippen LogP contribution in [-0.4, -0.2) is 13.0 Å². The molecule has 0 bridgehead atoms. The SMILES string of the molecule is COc1ccc(C(=O)Nc2ccc(N)cc2C#N)cc1. The number of amides is 1. The molecule has 3 N–H and O–H groups in total. The van der Waals surface area contributed by atoms with Gasteiger partial charge in [0.25, 0.3) is 5.91 Å². The Hall–Kier alpha value is -3.00. The van der Waals surface area contributed by atoms with Gasteiger partial charge in [-0.25, -0.2) is 0 Å². The Morgan fingerprint density at radius 3 is 2.55 bits per heavy atom. The van der Waals surface area contributed by atoms with Gasteiger partial charge in [0.15, 0.2) is 0 Å². The average molecular weight is 267 g/mol. The summed E-state index contributed by atoms with van der Waals surface area (Å²) in [7, 11) is 1.56. The summed E-state index contributed by atoms with van der Waals surface area (Å²) in [5, 5.41) is 11.7. The first kappa shape index (κ1) is 13.4. The number of carbonyl (C=O) groups is 1. The van der Waals surface area contributed by atoms with E-state index in [1.165, 1.54) is 6.07 Å². The molecule has 20 heavy (non-hydrogen) atoms. The zero-order chi connectivity index (χ0) is 14.5. The third kappa shape index (κ3) is 2.87. The van der Waals surface area contributed by atoms with E-state index in [1.807, 2.05) is 6.07 Å². The Bertz CT molecular complexity index is 673. The van der Waals surface area contributed by atoms with E-state index in [9.17, 15) is 4.79 Å². The van der Waals surface area contributed by atoms with Crippen LogP contribution >= 0.6 is 0 Å². The van der Waals surface area contributed by atoms with E-state index >= 15 is 0 Å². The van der Waals surface area contributed by atoms with Gasteiger partial charge in [-0.2, -0.15) is 5.26 Å². The number of ether oxygens (including phenoxy) is 1. The molecule has 2 rings (SSSR count). The molecule has 0 unspecified atom stereocenters. The summed E-state index contributed by atoms with van der Waals surface area (Å²) < 4.78 is 5.03. The van der Waals surface area contributed by atoms with Gasteiger partial charge in [-0.3, -0.25) is 4.79 Å². The lowest BCUT2D eigenvalue weighted by Crippen LogP contribution is -2.12. The Labute approximate surface area is 116 Å². The second-order valence-electron chi connectivity index (χ2n) is 4.10. The molecule has 0 aliphatic heterocycles. The van der Waals surface area contributed by atoms with Crippen LogP contribution in [0, 0.1) is 11.3 Å². The zero-order valence-electron chi connectivity index (χ0n) is 10.9. The number of nitrogen functional groups attached to an aromatic ring is 1. The van der Waals surface area contributed by atoms with E-state index < -0.39 is 0 Å². The number of nitrogens with zero attached hydrogens (tertiary/aromatic N) is 1. The van der Waals surface area contributed by atoms with Crippen molar-refractivity contribution in [2.45, 2.75) is 0 Å². The van der Waals surface area contributed by atoms with Crippen LogP contribution in [0.15, 0.2) is 42.5 Å². The summed E-state index contributed by atoms with van der Waals surface area (Å²) in [4.78, 5) is 12.1. The normalized spacial score (nSPS) is 9.60. The molecular formula is C15H13N3O2. The molecule has 0 aliphatic carbocycles. The molecule has 2 aromatic rings. The van der Waals surface area contributed by atoms with Crippen molar-refractivity contribution in [2.75, 3.05) is 18.2 Å². The molecular weight excluding hydrogens is 254 g/mol. The van der Waals surface area contributed by atoms with E-state index in [-0.39, 0.29) is 5.91 Å². The number of rotatable bonds is 3. The molecule has 5 nitrogen and oxygen atoms in total. The van der Waals surface area contributed by atoms with Gasteiger partial charge < -0.3 is 15.8 Å². The lowest BCUT2D eigenvalue weighted by molar-refractivity contribution is 0.102. The van der Waals surface area contributed by atoms with Gasteiger partial charge >= 0.3 is 0 Å². The summed E-state index contributed by atoms with van der Waals surface area (Å²) in [6.07, 6.45) is 0. The van der Waals surface area contributed by atoms with Crippen LogP contribution in [0.2, 0.25) is 0 Å². The molecule has 5 heteroatoms. The maximum atomic E-state index is 12.1. The molecule has 0 saturated heterocycles. The van der Waals surface area contributed by atoms with Crippen LogP contribution in [0.25, 0.3) is 0 Å². The maximum absolute atomic E-state index is 12.1. The van der Waals surface area contributed by atoms with Crippen molar-refractivity contribution in [3.8, 4) is 11.8 Å². The standard InChI is InChI=1S/C15H13N3O2/c1-20-13-5-2-10(3-6-13)15(19)18-14-7-4-12(17)8-11(14)9-16/h2-8H,17H2,1H3,(H,18,19). The van der Waals surface area contributed by atoms with Crippen molar-refractivity contribution < 1.29 is 9.53 Å². The number of hydrogen-bond donors (Lipinski definition) is 2. The van der Waals surface area contributed by atoms with Crippen LogP contribution in [-0.2, 0) is 0 Å². The van der Waals surface area contributed by atoms with Crippen molar-refractivity contribution >= 4 is 17.3 Å². The largest absolute Gasteiger partial charge is 0.497 e. The molecule has 2 aromatic carbocycles. The lowest BCUT2D eigenvalue weighted by atomic mass is 10.1. The highest BCUT2D eigenvalue weighted by Crippen LogP contribution is 2.19. The van der Waals surface area contributed by atoms with Gasteiger partial charge in [-0.1, -0.05) is 0 Å². The van der Waals surface area contributed by atoms with Crippen molar-refractivity contribution in [1.29, 1.82) is 5.26 Å². The summed E-state index contributed by atoms with van der Waals surface area (Å²) in [5.41, 5.74) is 7.31. The van der Waals surface area contributed by atoms with E-state index in [0.717, 1.165) is 0 Å². The average Bonchev–Trinajstić information content (AvgIpc) is 2.49. The summed E-state index contributed by atoms with van der Waals surface area (Å²) in [5.74, 6) is 0.376. The Balaban J connectivity index is 2.21. The third-order valence-electron chi connectivity index (χ3n) is 2.76. The number of benzene rings is 2. The minimum Gasteiger partial charge on any atom is -0.497 e. The van der Waals surface area contributed by atoms with E-state index in [1.54, 1.807) is 43.5 Å². The van der Waals surface area contributed by atoms with Crippen LogP contribution in [0.4, 0.5) is 11.4 Å². The van der Waals surface area contributed by atoms with E-state index in [4.69, 9.17) is 15.7 Å². The van der Waals surface area contributed by atoms with Crippen LogP contribution in [0.5, 0.6) is 5.75 Å². The first-order valence-electron chi connectivity index (χ1n) is 5.89. The first-order valence-corrected chi connectivity index (χ1v) is 5.89. The van der Waals surface area contributed by atoms with Gasteiger partial charge in [-0.05, 0) is 42.5 Å². The number of nitriles is 1. The second-order valence-corrected chi connectivity index (χ2v) is 4.10. The Morgan fingerprint density at radius 1 is 1.25 bits per heavy atom. The molecule has 0 heterocycles. The molecule has 0 fully saturated rings. The maximum Gasteiger partial charge on any atom is 0.255 e. The summed E-state index contributed by atoms with van der Waals surface area (Å²) in [6.45, 7) is 0. The fraction of sp³-hybridized carbons (Fsp3) is 0.0667. The molecule has 0 radical (unpaired) electrons.